The van der Waals surface area contributed by atoms with Crippen molar-refractivity contribution in [2.75, 3.05) is 33.3 Å². The topological polar surface area (TPSA) is 124 Å². The van der Waals surface area contributed by atoms with Crippen LogP contribution in [0.25, 0.3) is 0 Å². The Labute approximate surface area is 250 Å². The molecule has 2 fully saturated rings. The summed E-state index contributed by atoms with van der Waals surface area (Å²) in [6, 6.07) is 19.1. The van der Waals surface area contributed by atoms with Crippen LogP contribution in [0.4, 0.5) is 4.39 Å². The molecular weight excluding hydrogens is 549 g/mol. The number of aromatic nitrogens is 1. The number of halogens is 1. The van der Waals surface area contributed by atoms with E-state index >= 15 is 4.39 Å². The molecule has 0 aliphatic carbocycles. The number of rotatable bonds is 8. The Bertz CT molecular complexity index is 1500. The first-order valence-corrected chi connectivity index (χ1v) is 14.4. The van der Waals surface area contributed by atoms with E-state index in [4.69, 9.17) is 10.00 Å². The fourth-order valence-electron chi connectivity index (χ4n) is 5.79. The van der Waals surface area contributed by atoms with Crippen molar-refractivity contribution < 1.29 is 23.5 Å². The number of carbonyl (C=O) groups excluding carboxylic acids is 3. The molecule has 2 atom stereocenters. The van der Waals surface area contributed by atoms with E-state index in [1.165, 1.54) is 18.3 Å². The fraction of sp³-hybridized carbons (Fsp3) is 0.364. The Hall–Kier alpha value is -4.62. The number of hydrogen-bond acceptors (Lipinski definition) is 7. The highest BCUT2D eigenvalue weighted by atomic mass is 19.1. The number of nitriles is 1. The molecule has 2 saturated heterocycles. The van der Waals surface area contributed by atoms with Crippen LogP contribution >= 0.6 is 0 Å². The minimum atomic E-state index is -1.32. The SMILES string of the molecule is COc1ccc(C(=O)C2CCN(C(=O)c3ccc(C(=O)N[C@@]4(Cc5ccc(C#N)cc5)CCNC[C@@H]4F)cn3)CC2)cc1. The minimum absolute atomic E-state index is 0.0597. The van der Waals surface area contributed by atoms with Crippen molar-refractivity contribution in [1.82, 2.24) is 20.5 Å². The minimum Gasteiger partial charge on any atom is -0.497 e. The van der Waals surface area contributed by atoms with Gasteiger partial charge in [-0.25, -0.2) is 4.39 Å². The number of methoxy groups -OCH3 is 1. The molecule has 0 spiro atoms. The van der Waals surface area contributed by atoms with Gasteiger partial charge in [0.15, 0.2) is 5.78 Å². The lowest BCUT2D eigenvalue weighted by Gasteiger charge is -2.41. The molecule has 0 saturated carbocycles. The van der Waals surface area contributed by atoms with Crippen molar-refractivity contribution in [1.29, 1.82) is 5.26 Å². The van der Waals surface area contributed by atoms with Crippen LogP contribution in [0.5, 0.6) is 5.75 Å². The number of nitrogens with zero attached hydrogens (tertiary/aromatic N) is 3. The van der Waals surface area contributed by atoms with Crippen molar-refractivity contribution >= 4 is 17.6 Å². The zero-order valence-corrected chi connectivity index (χ0v) is 24.0. The molecule has 222 valence electrons. The number of amides is 2. The summed E-state index contributed by atoms with van der Waals surface area (Å²) >= 11 is 0. The Balaban J connectivity index is 1.20. The third-order valence-electron chi connectivity index (χ3n) is 8.41. The van der Waals surface area contributed by atoms with E-state index in [1.54, 1.807) is 60.5 Å². The van der Waals surface area contributed by atoms with Gasteiger partial charge in [0.2, 0.25) is 0 Å². The molecule has 0 bridgehead atoms. The van der Waals surface area contributed by atoms with E-state index in [0.29, 0.717) is 55.8 Å². The van der Waals surface area contributed by atoms with E-state index in [1.807, 2.05) is 0 Å². The van der Waals surface area contributed by atoms with Gasteiger partial charge in [-0.3, -0.25) is 19.4 Å². The maximum Gasteiger partial charge on any atom is 0.272 e. The molecule has 2 aliphatic rings. The second-order valence-corrected chi connectivity index (χ2v) is 11.1. The molecule has 2 amide bonds. The predicted molar refractivity (Wildman–Crippen MR) is 158 cm³/mol. The van der Waals surface area contributed by atoms with Crippen molar-refractivity contribution in [3.05, 3.63) is 94.8 Å². The van der Waals surface area contributed by atoms with Gasteiger partial charge in [0.05, 0.1) is 29.8 Å². The van der Waals surface area contributed by atoms with Crippen molar-refractivity contribution in [3.63, 3.8) is 0 Å². The highest BCUT2D eigenvalue weighted by molar-refractivity contribution is 5.99. The van der Waals surface area contributed by atoms with E-state index in [9.17, 15) is 14.4 Å². The van der Waals surface area contributed by atoms with Gasteiger partial charge in [-0.1, -0.05) is 12.1 Å². The summed E-state index contributed by atoms with van der Waals surface area (Å²) in [4.78, 5) is 45.3. The number of benzene rings is 2. The fourth-order valence-corrected chi connectivity index (χ4v) is 5.79. The van der Waals surface area contributed by atoms with Crippen LogP contribution in [-0.2, 0) is 6.42 Å². The second-order valence-electron chi connectivity index (χ2n) is 11.1. The Kier molecular flexibility index (Phi) is 9.12. The third kappa shape index (κ3) is 6.73. The van der Waals surface area contributed by atoms with Crippen LogP contribution in [0.2, 0.25) is 0 Å². The molecule has 2 N–H and O–H groups in total. The molecular formula is C33H34FN5O4. The molecule has 2 aliphatic heterocycles. The summed E-state index contributed by atoms with van der Waals surface area (Å²) in [6.45, 7) is 1.52. The summed E-state index contributed by atoms with van der Waals surface area (Å²) in [5, 5.41) is 15.0. The number of hydrogen-bond donors (Lipinski definition) is 2. The highest BCUT2D eigenvalue weighted by Gasteiger charge is 2.43. The van der Waals surface area contributed by atoms with Gasteiger partial charge in [0.1, 0.15) is 17.6 Å². The number of Topliss-reactive ketones (excluding diaryl/α,β-unsaturated/α-hetero) is 1. The second kappa shape index (κ2) is 13.1. The first-order valence-electron chi connectivity index (χ1n) is 14.4. The maximum absolute atomic E-state index is 15.4. The van der Waals surface area contributed by atoms with Crippen LogP contribution in [-0.4, -0.2) is 72.5 Å². The average Bonchev–Trinajstić information content (AvgIpc) is 3.06. The van der Waals surface area contributed by atoms with Crippen LogP contribution in [0.3, 0.4) is 0 Å². The predicted octanol–water partition coefficient (Wildman–Crippen LogP) is 3.74. The number of nitrogens with one attached hydrogen (secondary N) is 2. The first kappa shape index (κ1) is 29.9. The molecule has 3 heterocycles. The van der Waals surface area contributed by atoms with E-state index in [-0.39, 0.29) is 41.8 Å². The smallest absolute Gasteiger partial charge is 0.272 e. The van der Waals surface area contributed by atoms with Crippen LogP contribution in [0, 0.1) is 17.2 Å². The van der Waals surface area contributed by atoms with Crippen molar-refractivity contribution in [2.24, 2.45) is 5.92 Å². The van der Waals surface area contributed by atoms with E-state index < -0.39 is 17.6 Å². The van der Waals surface area contributed by atoms with Crippen LogP contribution < -0.4 is 15.4 Å². The molecule has 2 aromatic carbocycles. The normalized spacial score (nSPS) is 20.6. The summed E-state index contributed by atoms with van der Waals surface area (Å²) in [5.74, 6) is -0.148. The van der Waals surface area contributed by atoms with Gasteiger partial charge in [-0.2, -0.15) is 5.26 Å². The number of ether oxygens (including phenoxy) is 1. The van der Waals surface area contributed by atoms with Gasteiger partial charge < -0.3 is 20.3 Å². The van der Waals surface area contributed by atoms with Gasteiger partial charge in [-0.15, -0.1) is 0 Å². The van der Waals surface area contributed by atoms with Crippen LogP contribution in [0.1, 0.15) is 61.6 Å². The zero-order chi connectivity index (χ0) is 30.4. The lowest BCUT2D eigenvalue weighted by atomic mass is 9.80. The van der Waals surface area contributed by atoms with Crippen molar-refractivity contribution in [3.8, 4) is 11.8 Å². The standard InChI is InChI=1S/C33H34FN5O4/c1-43-27-9-6-24(7-10-27)30(40)25-12-16-39(17-13-25)32(42)28-11-8-26(20-37-28)31(41)38-33(14-15-36-21-29(33)34)18-22-2-4-23(19-35)5-3-22/h2-11,20,25,29,36H,12-18,21H2,1H3,(H,38,41)/t29-,33+/m0/s1. The monoisotopic (exact) mass is 583 g/mol. The molecule has 9 nitrogen and oxygen atoms in total. The Morgan fingerprint density at radius 2 is 1.77 bits per heavy atom. The summed E-state index contributed by atoms with van der Waals surface area (Å²) in [7, 11) is 1.58. The third-order valence-corrected chi connectivity index (χ3v) is 8.41. The number of likely N-dealkylation sites (tertiary alicyclic amines) is 1. The molecule has 10 heteroatoms. The maximum atomic E-state index is 15.4. The molecule has 3 aromatic rings. The van der Waals surface area contributed by atoms with Crippen LogP contribution in [0.15, 0.2) is 66.9 Å². The summed E-state index contributed by atoms with van der Waals surface area (Å²) in [6.07, 6.45) is 1.78. The highest BCUT2D eigenvalue weighted by Crippen LogP contribution is 2.28. The lowest BCUT2D eigenvalue weighted by Crippen LogP contribution is -2.63. The van der Waals surface area contributed by atoms with Gasteiger partial charge in [0, 0.05) is 37.3 Å². The average molecular weight is 584 g/mol. The largest absolute Gasteiger partial charge is 0.497 e. The Morgan fingerprint density at radius 1 is 1.07 bits per heavy atom. The molecule has 0 unspecified atom stereocenters. The number of pyridine rings is 1. The van der Waals surface area contributed by atoms with Gasteiger partial charge in [0.25, 0.3) is 11.8 Å². The number of ketones is 1. The summed E-state index contributed by atoms with van der Waals surface area (Å²) in [5.41, 5.74) is 1.26. The molecule has 0 radical (unpaired) electrons. The first-order chi connectivity index (χ1) is 20.8. The van der Waals surface area contributed by atoms with Gasteiger partial charge >= 0.3 is 0 Å². The number of carbonyl (C=O) groups is 3. The molecule has 1 aromatic heterocycles. The van der Waals surface area contributed by atoms with Gasteiger partial charge in [-0.05, 0) is 86.3 Å². The number of alkyl halides is 1. The number of piperidine rings is 2. The molecule has 5 rings (SSSR count). The molecule has 43 heavy (non-hydrogen) atoms. The summed E-state index contributed by atoms with van der Waals surface area (Å²) < 4.78 is 20.5. The van der Waals surface area contributed by atoms with E-state index in [0.717, 1.165) is 5.56 Å². The Morgan fingerprint density at radius 3 is 2.37 bits per heavy atom. The van der Waals surface area contributed by atoms with Crippen molar-refractivity contribution in [2.45, 2.75) is 37.4 Å². The lowest BCUT2D eigenvalue weighted by molar-refractivity contribution is 0.0645. The van der Waals surface area contributed by atoms with E-state index in [2.05, 4.69) is 21.7 Å². The zero-order valence-electron chi connectivity index (χ0n) is 24.0. The quantitative estimate of drug-likeness (QED) is 0.387.